The van der Waals surface area contributed by atoms with E-state index in [1.807, 2.05) is 0 Å². The van der Waals surface area contributed by atoms with Gasteiger partial charge >= 0.3 is 0 Å². The van der Waals surface area contributed by atoms with Crippen molar-refractivity contribution in [1.82, 2.24) is 14.1 Å². The van der Waals surface area contributed by atoms with Gasteiger partial charge in [0.2, 0.25) is 10.0 Å². The molecule has 2 aromatic carbocycles. The molecule has 4 rings (SSSR count). The topological polar surface area (TPSA) is 43.9 Å². The first-order chi connectivity index (χ1) is 15.0. The van der Waals surface area contributed by atoms with Crippen LogP contribution in [0.3, 0.4) is 0 Å². The molecule has 6 heteroatoms. The van der Waals surface area contributed by atoms with Gasteiger partial charge in [-0.3, -0.25) is 9.80 Å². The molecule has 0 amide bonds. The number of rotatable bonds is 7. The molecule has 168 valence electrons. The summed E-state index contributed by atoms with van der Waals surface area (Å²) in [5, 5.41) is 0. The third-order valence-electron chi connectivity index (χ3n) is 6.90. The van der Waals surface area contributed by atoms with E-state index in [-0.39, 0.29) is 0 Å². The highest BCUT2D eigenvalue weighted by atomic mass is 32.2. The Kier molecular flexibility index (Phi) is 7.43. The van der Waals surface area contributed by atoms with Crippen LogP contribution in [0, 0.1) is 0 Å². The molecule has 1 aliphatic heterocycles. The highest BCUT2D eigenvalue weighted by molar-refractivity contribution is 7.88. The molecule has 2 fully saturated rings. The predicted molar refractivity (Wildman–Crippen MR) is 126 cm³/mol. The lowest BCUT2D eigenvalue weighted by Crippen LogP contribution is -2.53. The van der Waals surface area contributed by atoms with Crippen molar-refractivity contribution < 1.29 is 8.42 Å². The molecular weight excluding hydrogens is 406 g/mol. The standard InChI is InChI=1S/C25H35N3O2S/c1-31(29,30)28-18-16-26(17-19-28)24-12-14-25(15-13-24)27(20-22-8-4-2-5-9-22)21-23-10-6-3-7-11-23/h2-11,24-25H,12-21H2,1H3. The molecule has 0 spiro atoms. The first-order valence-corrected chi connectivity index (χ1v) is 13.3. The highest BCUT2D eigenvalue weighted by Crippen LogP contribution is 2.29. The Bertz CT molecular complexity index is 863. The second-order valence-electron chi connectivity index (χ2n) is 9.04. The van der Waals surface area contributed by atoms with E-state index >= 15 is 0 Å². The quantitative estimate of drug-likeness (QED) is 0.659. The van der Waals surface area contributed by atoms with E-state index < -0.39 is 10.0 Å². The molecule has 0 atom stereocenters. The van der Waals surface area contributed by atoms with E-state index in [2.05, 4.69) is 70.5 Å². The molecule has 1 saturated heterocycles. The average molecular weight is 442 g/mol. The molecule has 0 N–H and O–H groups in total. The lowest BCUT2D eigenvalue weighted by atomic mass is 9.88. The van der Waals surface area contributed by atoms with Gasteiger partial charge in [0, 0.05) is 51.4 Å². The fourth-order valence-electron chi connectivity index (χ4n) is 5.14. The third-order valence-corrected chi connectivity index (χ3v) is 8.20. The van der Waals surface area contributed by atoms with E-state index in [4.69, 9.17) is 0 Å². The van der Waals surface area contributed by atoms with Crippen molar-refractivity contribution in [3.05, 3.63) is 71.8 Å². The third kappa shape index (κ3) is 6.16. The Morgan fingerprint density at radius 3 is 1.71 bits per heavy atom. The van der Waals surface area contributed by atoms with Crippen molar-refractivity contribution in [2.24, 2.45) is 0 Å². The number of hydrogen-bond donors (Lipinski definition) is 0. The van der Waals surface area contributed by atoms with Crippen molar-refractivity contribution in [3.63, 3.8) is 0 Å². The average Bonchev–Trinajstić information content (AvgIpc) is 2.80. The van der Waals surface area contributed by atoms with Crippen molar-refractivity contribution in [1.29, 1.82) is 0 Å². The molecule has 2 aliphatic rings. The van der Waals surface area contributed by atoms with Crippen LogP contribution < -0.4 is 0 Å². The Morgan fingerprint density at radius 2 is 1.26 bits per heavy atom. The maximum Gasteiger partial charge on any atom is 0.211 e. The van der Waals surface area contributed by atoms with E-state index in [0.29, 0.717) is 25.2 Å². The Balaban J connectivity index is 1.36. The number of sulfonamides is 1. The molecule has 1 aliphatic carbocycles. The molecule has 0 aromatic heterocycles. The van der Waals surface area contributed by atoms with Gasteiger partial charge in [-0.15, -0.1) is 0 Å². The predicted octanol–water partition coefficient (Wildman–Crippen LogP) is 3.58. The van der Waals surface area contributed by atoms with Crippen molar-refractivity contribution in [3.8, 4) is 0 Å². The second kappa shape index (κ2) is 10.3. The van der Waals surface area contributed by atoms with Gasteiger partial charge in [0.05, 0.1) is 6.26 Å². The van der Waals surface area contributed by atoms with Gasteiger partial charge in [0.25, 0.3) is 0 Å². The molecule has 5 nitrogen and oxygen atoms in total. The van der Waals surface area contributed by atoms with E-state index in [9.17, 15) is 8.42 Å². The monoisotopic (exact) mass is 441 g/mol. The van der Waals surface area contributed by atoms with E-state index in [1.165, 1.54) is 43.1 Å². The Morgan fingerprint density at radius 1 is 0.774 bits per heavy atom. The molecule has 31 heavy (non-hydrogen) atoms. The number of piperazine rings is 1. The molecule has 0 bridgehead atoms. The summed E-state index contributed by atoms with van der Waals surface area (Å²) in [4.78, 5) is 5.18. The van der Waals surface area contributed by atoms with Crippen LogP contribution in [-0.4, -0.2) is 67.0 Å². The number of nitrogens with zero attached hydrogens (tertiary/aromatic N) is 3. The first kappa shape index (κ1) is 22.5. The summed E-state index contributed by atoms with van der Waals surface area (Å²) in [6, 6.07) is 22.8. The minimum absolute atomic E-state index is 0.591. The fraction of sp³-hybridized carbons (Fsp3) is 0.520. The van der Waals surface area contributed by atoms with Crippen LogP contribution in [0.4, 0.5) is 0 Å². The molecule has 0 radical (unpaired) electrons. The zero-order valence-corrected chi connectivity index (χ0v) is 19.4. The molecule has 0 unspecified atom stereocenters. The molecule has 1 saturated carbocycles. The van der Waals surface area contributed by atoms with Gasteiger partial charge in [0.1, 0.15) is 0 Å². The summed E-state index contributed by atoms with van der Waals surface area (Å²) in [5.74, 6) is 0. The minimum atomic E-state index is -3.06. The SMILES string of the molecule is CS(=O)(=O)N1CCN(C2CCC(N(Cc3ccccc3)Cc3ccccc3)CC2)CC1. The lowest BCUT2D eigenvalue weighted by Gasteiger charge is -2.43. The summed E-state index contributed by atoms with van der Waals surface area (Å²) in [6.07, 6.45) is 6.13. The van der Waals surface area contributed by atoms with Gasteiger partial charge in [-0.05, 0) is 36.8 Å². The number of benzene rings is 2. The molecule has 2 aromatic rings. The maximum atomic E-state index is 11.8. The van der Waals surface area contributed by atoms with Crippen LogP contribution in [0.1, 0.15) is 36.8 Å². The van der Waals surface area contributed by atoms with Crippen LogP contribution in [-0.2, 0) is 23.1 Å². The summed E-state index contributed by atoms with van der Waals surface area (Å²) < 4.78 is 25.2. The van der Waals surface area contributed by atoms with E-state index in [0.717, 1.165) is 26.2 Å². The fourth-order valence-corrected chi connectivity index (χ4v) is 5.97. The largest absolute Gasteiger partial charge is 0.298 e. The second-order valence-corrected chi connectivity index (χ2v) is 11.0. The summed E-state index contributed by atoms with van der Waals surface area (Å²) >= 11 is 0. The Labute approximate surface area is 187 Å². The molecule has 1 heterocycles. The minimum Gasteiger partial charge on any atom is -0.298 e. The molecular formula is C25H35N3O2S. The van der Waals surface area contributed by atoms with Crippen molar-refractivity contribution in [2.45, 2.75) is 50.9 Å². The van der Waals surface area contributed by atoms with Gasteiger partial charge < -0.3 is 0 Å². The summed E-state index contributed by atoms with van der Waals surface area (Å²) in [6.45, 7) is 4.95. The smallest absolute Gasteiger partial charge is 0.211 e. The number of hydrogen-bond acceptors (Lipinski definition) is 4. The first-order valence-electron chi connectivity index (χ1n) is 11.5. The van der Waals surface area contributed by atoms with Gasteiger partial charge in [0.15, 0.2) is 0 Å². The lowest BCUT2D eigenvalue weighted by molar-refractivity contribution is 0.0686. The van der Waals surface area contributed by atoms with Crippen molar-refractivity contribution in [2.75, 3.05) is 32.4 Å². The Hall–Kier alpha value is -1.73. The zero-order valence-electron chi connectivity index (χ0n) is 18.6. The zero-order chi connectivity index (χ0) is 21.7. The van der Waals surface area contributed by atoms with Gasteiger partial charge in [-0.2, -0.15) is 4.31 Å². The summed E-state index contributed by atoms with van der Waals surface area (Å²) in [7, 11) is -3.06. The summed E-state index contributed by atoms with van der Waals surface area (Å²) in [5.41, 5.74) is 2.75. The van der Waals surface area contributed by atoms with Crippen LogP contribution in [0.25, 0.3) is 0 Å². The van der Waals surface area contributed by atoms with Crippen LogP contribution in [0.15, 0.2) is 60.7 Å². The van der Waals surface area contributed by atoms with Crippen LogP contribution in [0.5, 0.6) is 0 Å². The van der Waals surface area contributed by atoms with Crippen LogP contribution in [0.2, 0.25) is 0 Å². The van der Waals surface area contributed by atoms with Crippen LogP contribution >= 0.6 is 0 Å². The van der Waals surface area contributed by atoms with Gasteiger partial charge in [-0.25, -0.2) is 8.42 Å². The normalized spacial score (nSPS) is 23.8. The van der Waals surface area contributed by atoms with Gasteiger partial charge in [-0.1, -0.05) is 60.7 Å². The highest BCUT2D eigenvalue weighted by Gasteiger charge is 2.32. The maximum absolute atomic E-state index is 11.8. The van der Waals surface area contributed by atoms with E-state index in [1.54, 1.807) is 4.31 Å². The van der Waals surface area contributed by atoms with Crippen molar-refractivity contribution >= 4 is 10.0 Å².